The SMILES string of the molecule is CCOC(=O)[C@H](Cc1ccccc1)NC(=O)c1cccc(C(=O)C2[C@@H](c3ccccc3)[C@H]2c2ccccc2)c1. The Morgan fingerprint density at radius 3 is 1.82 bits per heavy atom. The number of ketones is 1. The summed E-state index contributed by atoms with van der Waals surface area (Å²) in [6, 6.07) is 35.6. The van der Waals surface area contributed by atoms with Gasteiger partial charge in [0.05, 0.1) is 6.61 Å². The number of ether oxygens (including phenoxy) is 1. The topological polar surface area (TPSA) is 72.5 Å². The third-order valence-corrected chi connectivity index (χ3v) is 7.26. The lowest BCUT2D eigenvalue weighted by atomic mass is 10.00. The minimum absolute atomic E-state index is 0.0126. The highest BCUT2D eigenvalue weighted by atomic mass is 16.5. The number of rotatable bonds is 10. The number of Topliss-reactive ketones (excluding diaryl/α,β-unsaturated/α-hetero) is 1. The fourth-order valence-corrected chi connectivity index (χ4v) is 5.35. The van der Waals surface area contributed by atoms with E-state index in [0.29, 0.717) is 17.5 Å². The Morgan fingerprint density at radius 2 is 1.26 bits per heavy atom. The summed E-state index contributed by atoms with van der Waals surface area (Å²) in [5, 5.41) is 2.82. The Bertz CT molecular complexity index is 1390. The molecule has 0 heterocycles. The maximum absolute atomic E-state index is 13.8. The molecule has 5 nitrogen and oxygen atoms in total. The molecule has 4 atom stereocenters. The van der Waals surface area contributed by atoms with Crippen LogP contribution in [0.1, 0.15) is 56.2 Å². The van der Waals surface area contributed by atoms with E-state index in [1.165, 1.54) is 0 Å². The molecule has 0 radical (unpaired) electrons. The molecule has 0 aromatic heterocycles. The standard InChI is InChI=1S/C34H31NO4/c1-2-39-34(38)28(21-23-13-6-3-7-14-23)35-33(37)27-20-12-19-26(22-27)32(36)31-29(24-15-8-4-9-16-24)30(31)25-17-10-5-11-18-25/h3-20,22,28-31H,2,21H2,1H3,(H,35,37)/t28-,29-,30+,31?/m0/s1. The van der Waals surface area contributed by atoms with Crippen molar-refractivity contribution in [3.05, 3.63) is 143 Å². The van der Waals surface area contributed by atoms with Crippen LogP contribution < -0.4 is 5.32 Å². The molecular weight excluding hydrogens is 486 g/mol. The van der Waals surface area contributed by atoms with Gasteiger partial charge in [-0.05, 0) is 35.7 Å². The van der Waals surface area contributed by atoms with Gasteiger partial charge in [-0.15, -0.1) is 0 Å². The van der Waals surface area contributed by atoms with Gasteiger partial charge in [0.1, 0.15) is 6.04 Å². The van der Waals surface area contributed by atoms with Crippen LogP contribution in [0.25, 0.3) is 0 Å². The van der Waals surface area contributed by atoms with E-state index in [4.69, 9.17) is 4.74 Å². The summed E-state index contributed by atoms with van der Waals surface area (Å²) in [4.78, 5) is 39.7. The summed E-state index contributed by atoms with van der Waals surface area (Å²) < 4.78 is 5.21. The Hall–Kier alpha value is -4.51. The van der Waals surface area contributed by atoms with Crippen molar-refractivity contribution in [3.63, 3.8) is 0 Å². The first-order chi connectivity index (χ1) is 19.1. The zero-order valence-electron chi connectivity index (χ0n) is 21.8. The van der Waals surface area contributed by atoms with Gasteiger partial charge in [-0.1, -0.05) is 103 Å². The second kappa shape index (κ2) is 11.9. The number of benzene rings is 4. The van der Waals surface area contributed by atoms with E-state index >= 15 is 0 Å². The van der Waals surface area contributed by atoms with Gasteiger partial charge in [0, 0.05) is 35.3 Å². The monoisotopic (exact) mass is 517 g/mol. The van der Waals surface area contributed by atoms with Crippen LogP contribution in [0.5, 0.6) is 0 Å². The molecule has 1 fully saturated rings. The first-order valence-electron chi connectivity index (χ1n) is 13.3. The van der Waals surface area contributed by atoms with Crippen molar-refractivity contribution in [3.8, 4) is 0 Å². The molecule has 0 spiro atoms. The van der Waals surface area contributed by atoms with Crippen molar-refractivity contribution in [1.29, 1.82) is 0 Å². The van der Waals surface area contributed by atoms with Crippen molar-refractivity contribution in [1.82, 2.24) is 5.32 Å². The summed E-state index contributed by atoms with van der Waals surface area (Å²) in [6.45, 7) is 1.95. The second-order valence-corrected chi connectivity index (χ2v) is 9.81. The number of nitrogens with one attached hydrogen (secondary N) is 1. The fraction of sp³-hybridized carbons (Fsp3) is 0.206. The van der Waals surface area contributed by atoms with E-state index < -0.39 is 17.9 Å². The molecule has 0 saturated heterocycles. The molecule has 1 saturated carbocycles. The minimum Gasteiger partial charge on any atom is -0.464 e. The summed E-state index contributed by atoms with van der Waals surface area (Å²) >= 11 is 0. The van der Waals surface area contributed by atoms with Gasteiger partial charge in [-0.25, -0.2) is 4.79 Å². The quantitative estimate of drug-likeness (QED) is 0.208. The van der Waals surface area contributed by atoms with Gasteiger partial charge in [-0.3, -0.25) is 9.59 Å². The van der Waals surface area contributed by atoms with Gasteiger partial charge in [0.25, 0.3) is 5.91 Å². The van der Waals surface area contributed by atoms with Crippen LogP contribution in [0.4, 0.5) is 0 Å². The smallest absolute Gasteiger partial charge is 0.328 e. The van der Waals surface area contributed by atoms with Crippen molar-refractivity contribution in [2.24, 2.45) is 5.92 Å². The molecule has 4 aromatic rings. The number of carbonyl (C=O) groups is 3. The van der Waals surface area contributed by atoms with Gasteiger partial charge in [-0.2, -0.15) is 0 Å². The molecular formula is C34H31NO4. The second-order valence-electron chi connectivity index (χ2n) is 9.81. The zero-order chi connectivity index (χ0) is 27.2. The Balaban J connectivity index is 1.36. The maximum Gasteiger partial charge on any atom is 0.328 e. The van der Waals surface area contributed by atoms with Crippen LogP contribution in [-0.4, -0.2) is 30.3 Å². The van der Waals surface area contributed by atoms with Gasteiger partial charge >= 0.3 is 5.97 Å². The van der Waals surface area contributed by atoms with Gasteiger partial charge in [0.2, 0.25) is 0 Å². The largest absolute Gasteiger partial charge is 0.464 e. The van der Waals surface area contributed by atoms with Gasteiger partial charge < -0.3 is 10.1 Å². The molecule has 196 valence electrons. The Morgan fingerprint density at radius 1 is 0.718 bits per heavy atom. The van der Waals surface area contributed by atoms with E-state index in [-0.39, 0.29) is 30.1 Å². The lowest BCUT2D eigenvalue weighted by molar-refractivity contribution is -0.145. The van der Waals surface area contributed by atoms with E-state index in [2.05, 4.69) is 29.6 Å². The maximum atomic E-state index is 13.8. The molecule has 5 heteroatoms. The molecule has 1 unspecified atom stereocenters. The van der Waals surface area contributed by atoms with Crippen molar-refractivity contribution < 1.29 is 19.1 Å². The Kier molecular flexibility index (Phi) is 7.97. The van der Waals surface area contributed by atoms with Crippen LogP contribution in [0.2, 0.25) is 0 Å². The molecule has 39 heavy (non-hydrogen) atoms. The molecule has 1 amide bonds. The Labute approximate surface area is 228 Å². The zero-order valence-corrected chi connectivity index (χ0v) is 21.8. The molecule has 0 aliphatic heterocycles. The van der Waals surface area contributed by atoms with Crippen molar-refractivity contribution in [2.45, 2.75) is 31.2 Å². The molecule has 0 bridgehead atoms. The van der Waals surface area contributed by atoms with Crippen LogP contribution in [-0.2, 0) is 16.0 Å². The number of hydrogen-bond donors (Lipinski definition) is 1. The summed E-state index contributed by atoms with van der Waals surface area (Å²) in [5.74, 6) is -0.947. The van der Waals surface area contributed by atoms with Crippen LogP contribution in [0.3, 0.4) is 0 Å². The molecule has 4 aromatic carbocycles. The van der Waals surface area contributed by atoms with E-state index in [0.717, 1.165) is 16.7 Å². The highest BCUT2D eigenvalue weighted by Gasteiger charge is 2.55. The minimum atomic E-state index is -0.840. The van der Waals surface area contributed by atoms with E-state index in [1.54, 1.807) is 31.2 Å². The average molecular weight is 518 g/mol. The third kappa shape index (κ3) is 5.99. The number of esters is 1. The van der Waals surface area contributed by atoms with Crippen molar-refractivity contribution >= 4 is 17.7 Å². The lowest BCUT2D eigenvalue weighted by Crippen LogP contribution is -2.43. The molecule has 1 N–H and O–H groups in total. The number of carbonyl (C=O) groups excluding carboxylic acids is 3. The predicted molar refractivity (Wildman–Crippen MR) is 151 cm³/mol. The normalized spacial score (nSPS) is 18.5. The van der Waals surface area contributed by atoms with E-state index in [9.17, 15) is 14.4 Å². The van der Waals surface area contributed by atoms with Crippen molar-refractivity contribution in [2.75, 3.05) is 6.61 Å². The van der Waals surface area contributed by atoms with E-state index in [1.807, 2.05) is 66.7 Å². The number of hydrogen-bond acceptors (Lipinski definition) is 4. The lowest BCUT2D eigenvalue weighted by Gasteiger charge is -2.17. The summed E-state index contributed by atoms with van der Waals surface area (Å²) in [5.41, 5.74) is 4.00. The highest BCUT2D eigenvalue weighted by molar-refractivity contribution is 6.04. The average Bonchev–Trinajstić information content (AvgIpc) is 3.74. The first kappa shape index (κ1) is 26.1. The fourth-order valence-electron chi connectivity index (χ4n) is 5.35. The molecule has 1 aliphatic carbocycles. The first-order valence-corrected chi connectivity index (χ1v) is 13.3. The predicted octanol–water partition coefficient (Wildman–Crippen LogP) is 5.97. The van der Waals surface area contributed by atoms with Gasteiger partial charge in [0.15, 0.2) is 5.78 Å². The van der Waals surface area contributed by atoms with Crippen LogP contribution in [0, 0.1) is 5.92 Å². The van der Waals surface area contributed by atoms with Crippen LogP contribution in [0.15, 0.2) is 115 Å². The molecule has 5 rings (SSSR count). The summed E-state index contributed by atoms with van der Waals surface area (Å²) in [6.07, 6.45) is 0.309. The number of amides is 1. The third-order valence-electron chi connectivity index (χ3n) is 7.26. The molecule has 1 aliphatic rings. The highest BCUT2D eigenvalue weighted by Crippen LogP contribution is 2.61. The van der Waals surface area contributed by atoms with Crippen LogP contribution >= 0.6 is 0 Å². The summed E-state index contributed by atoms with van der Waals surface area (Å²) in [7, 11) is 0.